The Morgan fingerprint density at radius 2 is 1.73 bits per heavy atom. The monoisotopic (exact) mass is 350 g/mol. The molecule has 0 saturated carbocycles. The van der Waals surface area contributed by atoms with Gasteiger partial charge in [-0.05, 0) is 62.0 Å². The van der Waals surface area contributed by atoms with Gasteiger partial charge in [-0.3, -0.25) is 4.90 Å². The Morgan fingerprint density at radius 3 is 2.42 bits per heavy atom. The van der Waals surface area contributed by atoms with Gasteiger partial charge < -0.3 is 11.1 Å². The molecule has 2 aromatic rings. The minimum atomic E-state index is 0.454. The third kappa shape index (κ3) is 5.33. The lowest BCUT2D eigenvalue weighted by Crippen LogP contribution is -2.32. The second kappa shape index (κ2) is 8.86. The SMILES string of the molecule is Cc1ccc(NC(N)=NCc2ccccc2CN2CCC(C)CC2)cc1. The van der Waals surface area contributed by atoms with Gasteiger partial charge >= 0.3 is 0 Å². The summed E-state index contributed by atoms with van der Waals surface area (Å²) in [5.41, 5.74) is 10.9. The maximum atomic E-state index is 6.07. The summed E-state index contributed by atoms with van der Waals surface area (Å²) >= 11 is 0. The van der Waals surface area contributed by atoms with Crippen LogP contribution in [0, 0.1) is 12.8 Å². The molecule has 1 fully saturated rings. The average Bonchev–Trinajstić information content (AvgIpc) is 2.65. The Balaban J connectivity index is 1.61. The third-order valence-electron chi connectivity index (χ3n) is 5.13. The van der Waals surface area contributed by atoms with Gasteiger partial charge in [-0.2, -0.15) is 0 Å². The maximum absolute atomic E-state index is 6.07. The van der Waals surface area contributed by atoms with E-state index in [2.05, 4.69) is 65.5 Å². The molecule has 0 unspecified atom stereocenters. The third-order valence-corrected chi connectivity index (χ3v) is 5.13. The Hall–Kier alpha value is -2.33. The second-order valence-electron chi connectivity index (χ2n) is 7.42. The minimum absolute atomic E-state index is 0.454. The minimum Gasteiger partial charge on any atom is -0.370 e. The lowest BCUT2D eigenvalue weighted by Gasteiger charge is -2.30. The van der Waals surface area contributed by atoms with E-state index in [0.717, 1.165) is 18.2 Å². The molecular weight excluding hydrogens is 320 g/mol. The molecule has 1 saturated heterocycles. The second-order valence-corrected chi connectivity index (χ2v) is 7.42. The number of piperidine rings is 1. The van der Waals surface area contributed by atoms with Gasteiger partial charge in [-0.25, -0.2) is 4.99 Å². The molecule has 1 aliphatic rings. The summed E-state index contributed by atoms with van der Waals surface area (Å²) in [6, 6.07) is 16.7. The largest absolute Gasteiger partial charge is 0.370 e. The fourth-order valence-electron chi connectivity index (χ4n) is 3.32. The zero-order chi connectivity index (χ0) is 18.4. The fourth-order valence-corrected chi connectivity index (χ4v) is 3.32. The van der Waals surface area contributed by atoms with E-state index in [-0.39, 0.29) is 0 Å². The molecule has 0 aromatic heterocycles. The molecule has 1 heterocycles. The number of hydrogen-bond donors (Lipinski definition) is 2. The topological polar surface area (TPSA) is 53.6 Å². The molecule has 4 heteroatoms. The van der Waals surface area contributed by atoms with Gasteiger partial charge in [0.05, 0.1) is 6.54 Å². The summed E-state index contributed by atoms with van der Waals surface area (Å²) in [7, 11) is 0. The number of hydrogen-bond acceptors (Lipinski definition) is 2. The molecule has 0 amide bonds. The van der Waals surface area contributed by atoms with E-state index >= 15 is 0 Å². The van der Waals surface area contributed by atoms with Crippen molar-refractivity contribution >= 4 is 11.6 Å². The van der Waals surface area contributed by atoms with Crippen LogP contribution < -0.4 is 11.1 Å². The van der Waals surface area contributed by atoms with Crippen molar-refractivity contribution in [3.05, 3.63) is 65.2 Å². The van der Waals surface area contributed by atoms with E-state index in [1.807, 2.05) is 12.1 Å². The highest BCUT2D eigenvalue weighted by Crippen LogP contribution is 2.20. The van der Waals surface area contributed by atoms with Crippen molar-refractivity contribution in [3.8, 4) is 0 Å². The predicted molar refractivity (Wildman–Crippen MR) is 110 cm³/mol. The summed E-state index contributed by atoms with van der Waals surface area (Å²) in [5, 5.41) is 3.16. The highest BCUT2D eigenvalue weighted by atomic mass is 15.1. The molecule has 0 atom stereocenters. The van der Waals surface area contributed by atoms with Crippen molar-refractivity contribution in [1.82, 2.24) is 4.90 Å². The summed E-state index contributed by atoms with van der Waals surface area (Å²) in [4.78, 5) is 7.09. The Bertz CT molecular complexity index is 728. The van der Waals surface area contributed by atoms with E-state index in [1.54, 1.807) is 0 Å². The van der Waals surface area contributed by atoms with Crippen LogP contribution in [0.3, 0.4) is 0 Å². The number of guanidine groups is 1. The van der Waals surface area contributed by atoms with Crippen LogP contribution in [0.5, 0.6) is 0 Å². The molecule has 0 radical (unpaired) electrons. The highest BCUT2D eigenvalue weighted by Gasteiger charge is 2.16. The van der Waals surface area contributed by atoms with E-state index in [1.165, 1.54) is 42.6 Å². The molecule has 1 aliphatic heterocycles. The van der Waals surface area contributed by atoms with Crippen LogP contribution in [-0.2, 0) is 13.1 Å². The first-order valence-electron chi connectivity index (χ1n) is 9.53. The van der Waals surface area contributed by atoms with E-state index in [9.17, 15) is 0 Å². The van der Waals surface area contributed by atoms with Crippen molar-refractivity contribution in [2.24, 2.45) is 16.6 Å². The van der Waals surface area contributed by atoms with Crippen LogP contribution in [-0.4, -0.2) is 23.9 Å². The quantitative estimate of drug-likeness (QED) is 0.629. The standard InChI is InChI=1S/C22H30N4/c1-17-7-9-21(10-8-17)25-22(23)24-15-19-5-3-4-6-20(19)16-26-13-11-18(2)12-14-26/h3-10,18H,11-16H2,1-2H3,(H3,23,24,25). The molecule has 0 aliphatic carbocycles. The van der Waals surface area contributed by atoms with Crippen molar-refractivity contribution in [1.29, 1.82) is 0 Å². The predicted octanol–water partition coefficient (Wildman–Crippen LogP) is 4.15. The van der Waals surface area contributed by atoms with Crippen LogP contribution in [0.15, 0.2) is 53.5 Å². The Kier molecular flexibility index (Phi) is 6.29. The van der Waals surface area contributed by atoms with Gasteiger partial charge in [0.1, 0.15) is 0 Å². The summed E-state index contributed by atoms with van der Waals surface area (Å²) in [6.45, 7) is 8.41. The van der Waals surface area contributed by atoms with Crippen molar-refractivity contribution in [2.45, 2.75) is 39.8 Å². The number of benzene rings is 2. The highest BCUT2D eigenvalue weighted by molar-refractivity contribution is 5.92. The number of nitrogens with zero attached hydrogens (tertiary/aromatic N) is 2. The number of aliphatic imine (C=N–C) groups is 1. The van der Waals surface area contributed by atoms with E-state index in [0.29, 0.717) is 12.5 Å². The number of nitrogens with one attached hydrogen (secondary N) is 1. The molecule has 3 rings (SSSR count). The van der Waals surface area contributed by atoms with Crippen molar-refractivity contribution < 1.29 is 0 Å². The van der Waals surface area contributed by atoms with Crippen molar-refractivity contribution in [2.75, 3.05) is 18.4 Å². The normalized spacial score (nSPS) is 16.6. The molecule has 26 heavy (non-hydrogen) atoms. The number of anilines is 1. The number of likely N-dealkylation sites (tertiary alicyclic amines) is 1. The van der Waals surface area contributed by atoms with Gasteiger partial charge in [0.15, 0.2) is 5.96 Å². The van der Waals surface area contributed by atoms with Crippen LogP contribution >= 0.6 is 0 Å². The number of rotatable bonds is 5. The van der Waals surface area contributed by atoms with Crippen molar-refractivity contribution in [3.63, 3.8) is 0 Å². The fraction of sp³-hybridized carbons (Fsp3) is 0.409. The van der Waals surface area contributed by atoms with Gasteiger partial charge in [0.2, 0.25) is 0 Å². The van der Waals surface area contributed by atoms with Crippen LogP contribution in [0.2, 0.25) is 0 Å². The van der Waals surface area contributed by atoms with Crippen LogP contribution in [0.4, 0.5) is 5.69 Å². The van der Waals surface area contributed by atoms with Crippen LogP contribution in [0.25, 0.3) is 0 Å². The molecule has 3 N–H and O–H groups in total. The van der Waals surface area contributed by atoms with E-state index in [4.69, 9.17) is 5.73 Å². The van der Waals surface area contributed by atoms with Crippen LogP contribution in [0.1, 0.15) is 36.5 Å². The molecule has 0 spiro atoms. The van der Waals surface area contributed by atoms with Gasteiger partial charge in [0.25, 0.3) is 0 Å². The zero-order valence-electron chi connectivity index (χ0n) is 15.9. The summed E-state index contributed by atoms with van der Waals surface area (Å²) in [5.74, 6) is 1.31. The average molecular weight is 351 g/mol. The van der Waals surface area contributed by atoms with E-state index < -0.39 is 0 Å². The molecule has 0 bridgehead atoms. The summed E-state index contributed by atoms with van der Waals surface area (Å²) < 4.78 is 0. The van der Waals surface area contributed by atoms with Gasteiger partial charge in [-0.15, -0.1) is 0 Å². The lowest BCUT2D eigenvalue weighted by molar-refractivity contribution is 0.185. The Morgan fingerprint density at radius 1 is 1.08 bits per heavy atom. The first-order valence-corrected chi connectivity index (χ1v) is 9.53. The molecule has 4 nitrogen and oxygen atoms in total. The lowest BCUT2D eigenvalue weighted by atomic mass is 9.98. The maximum Gasteiger partial charge on any atom is 0.193 e. The smallest absolute Gasteiger partial charge is 0.193 e. The molecular formula is C22H30N4. The number of nitrogens with two attached hydrogens (primary N) is 1. The molecule has 138 valence electrons. The zero-order valence-corrected chi connectivity index (χ0v) is 15.9. The molecule has 2 aromatic carbocycles. The number of aryl methyl sites for hydroxylation is 1. The van der Waals surface area contributed by atoms with Gasteiger partial charge in [-0.1, -0.05) is 48.9 Å². The Labute approximate surface area is 157 Å². The summed E-state index contributed by atoms with van der Waals surface area (Å²) in [6.07, 6.45) is 2.60. The van der Waals surface area contributed by atoms with Gasteiger partial charge in [0, 0.05) is 12.2 Å². The first kappa shape index (κ1) is 18.5. The first-order chi connectivity index (χ1) is 12.6.